The number of tetrazole rings is 1. The molecule has 2 heterocycles. The first-order valence-corrected chi connectivity index (χ1v) is 8.98. The number of pyridine rings is 1. The van der Waals surface area contributed by atoms with E-state index in [-0.39, 0.29) is 30.2 Å². The van der Waals surface area contributed by atoms with Crippen LogP contribution < -0.4 is 4.90 Å². The van der Waals surface area contributed by atoms with E-state index in [1.807, 2.05) is 33.8 Å². The van der Waals surface area contributed by atoms with Gasteiger partial charge in [-0.15, -0.1) is 10.2 Å². The van der Waals surface area contributed by atoms with E-state index in [2.05, 4.69) is 20.4 Å². The first-order valence-electron chi connectivity index (χ1n) is 8.98. The van der Waals surface area contributed by atoms with Crippen molar-refractivity contribution >= 4 is 11.6 Å². The van der Waals surface area contributed by atoms with E-state index in [0.717, 1.165) is 11.1 Å². The molecule has 0 aliphatic heterocycles. The van der Waals surface area contributed by atoms with Crippen LogP contribution in [0.2, 0.25) is 0 Å². The van der Waals surface area contributed by atoms with Gasteiger partial charge in [0.25, 0.3) is 0 Å². The summed E-state index contributed by atoms with van der Waals surface area (Å²) in [5, 5.41) is 12.4. The van der Waals surface area contributed by atoms with Crippen LogP contribution in [0.3, 0.4) is 0 Å². The van der Waals surface area contributed by atoms with Crippen molar-refractivity contribution < 1.29 is 9.18 Å². The van der Waals surface area contributed by atoms with Gasteiger partial charge in [0.1, 0.15) is 5.82 Å². The van der Waals surface area contributed by atoms with Gasteiger partial charge in [-0.05, 0) is 62.2 Å². The van der Waals surface area contributed by atoms with E-state index in [9.17, 15) is 9.18 Å². The molecular formula is C20H23FN6O. The molecule has 8 heteroatoms. The van der Waals surface area contributed by atoms with Gasteiger partial charge in [0.05, 0.1) is 30.4 Å². The fourth-order valence-electron chi connectivity index (χ4n) is 2.61. The number of anilines is 1. The largest absolute Gasteiger partial charge is 0.306 e. The highest BCUT2D eigenvalue weighted by atomic mass is 19.1. The highest BCUT2D eigenvalue weighted by Crippen LogP contribution is 2.19. The second kappa shape index (κ2) is 7.84. The summed E-state index contributed by atoms with van der Waals surface area (Å²) in [5.41, 5.74) is 2.09. The zero-order chi connectivity index (χ0) is 20.3. The molecule has 0 saturated heterocycles. The van der Waals surface area contributed by atoms with Crippen molar-refractivity contribution in [3.8, 4) is 0 Å². The summed E-state index contributed by atoms with van der Waals surface area (Å²) in [7, 11) is 0. The van der Waals surface area contributed by atoms with Crippen molar-refractivity contribution in [2.24, 2.45) is 0 Å². The third-order valence-corrected chi connectivity index (χ3v) is 4.09. The molecule has 0 spiro atoms. The van der Waals surface area contributed by atoms with Crippen LogP contribution in [0.4, 0.5) is 10.1 Å². The first-order chi connectivity index (χ1) is 13.2. The SMILES string of the molecule is Cc1cncc(N(Cc2ccc(F)cc2)C(=O)Cc2nnn(C(C)(C)C)n2)c1. The molecule has 0 unspecified atom stereocenters. The molecule has 0 aliphatic carbocycles. The van der Waals surface area contributed by atoms with Crippen LogP contribution in [-0.4, -0.2) is 31.1 Å². The number of amides is 1. The van der Waals surface area contributed by atoms with Gasteiger partial charge in [-0.25, -0.2) is 4.39 Å². The van der Waals surface area contributed by atoms with E-state index >= 15 is 0 Å². The van der Waals surface area contributed by atoms with Crippen molar-refractivity contribution in [2.75, 3.05) is 4.90 Å². The Morgan fingerprint density at radius 1 is 1.18 bits per heavy atom. The second-order valence-electron chi connectivity index (χ2n) is 7.67. The highest BCUT2D eigenvalue weighted by molar-refractivity contribution is 5.94. The quantitative estimate of drug-likeness (QED) is 0.678. The van der Waals surface area contributed by atoms with Crippen LogP contribution >= 0.6 is 0 Å². The lowest BCUT2D eigenvalue weighted by Crippen LogP contribution is -2.32. The smallest absolute Gasteiger partial charge is 0.235 e. The normalized spacial score (nSPS) is 11.5. The molecule has 146 valence electrons. The number of rotatable bonds is 5. The van der Waals surface area contributed by atoms with Crippen molar-refractivity contribution in [3.05, 3.63) is 65.5 Å². The van der Waals surface area contributed by atoms with Gasteiger partial charge in [0.2, 0.25) is 5.91 Å². The fraction of sp³-hybridized carbons (Fsp3) is 0.350. The lowest BCUT2D eigenvalue weighted by Gasteiger charge is -2.22. The minimum atomic E-state index is -0.318. The zero-order valence-electron chi connectivity index (χ0n) is 16.4. The summed E-state index contributed by atoms with van der Waals surface area (Å²) in [5.74, 6) is -0.156. The van der Waals surface area contributed by atoms with Gasteiger partial charge < -0.3 is 4.90 Å². The monoisotopic (exact) mass is 382 g/mol. The van der Waals surface area contributed by atoms with Crippen LogP contribution in [0.5, 0.6) is 0 Å². The summed E-state index contributed by atoms with van der Waals surface area (Å²) in [6.07, 6.45) is 3.36. The zero-order valence-corrected chi connectivity index (χ0v) is 16.4. The molecule has 2 aromatic heterocycles. The Hall–Kier alpha value is -3.16. The van der Waals surface area contributed by atoms with Gasteiger partial charge >= 0.3 is 0 Å². The minimum absolute atomic E-state index is 0.00518. The number of carbonyl (C=O) groups is 1. The Kier molecular flexibility index (Phi) is 5.48. The summed E-state index contributed by atoms with van der Waals surface area (Å²) in [4.78, 5) is 20.3. The number of hydrogen-bond donors (Lipinski definition) is 0. The number of nitrogens with zero attached hydrogens (tertiary/aromatic N) is 6. The number of benzene rings is 1. The van der Waals surface area contributed by atoms with Crippen LogP contribution in [0.25, 0.3) is 0 Å². The first kappa shape index (κ1) is 19.6. The molecule has 1 aromatic carbocycles. The maximum Gasteiger partial charge on any atom is 0.235 e. The van der Waals surface area contributed by atoms with Gasteiger partial charge in [-0.2, -0.15) is 4.80 Å². The summed E-state index contributed by atoms with van der Waals surface area (Å²) >= 11 is 0. The van der Waals surface area contributed by atoms with Crippen molar-refractivity contribution in [1.82, 2.24) is 25.2 Å². The van der Waals surface area contributed by atoms with Crippen molar-refractivity contribution in [3.63, 3.8) is 0 Å². The van der Waals surface area contributed by atoms with Crippen LogP contribution in [-0.2, 0) is 23.3 Å². The molecule has 0 saturated carbocycles. The van der Waals surface area contributed by atoms with Gasteiger partial charge in [0, 0.05) is 6.20 Å². The Labute approximate surface area is 163 Å². The molecule has 1 amide bonds. The van der Waals surface area contributed by atoms with Crippen LogP contribution in [0.1, 0.15) is 37.7 Å². The molecule has 0 N–H and O–H groups in total. The van der Waals surface area contributed by atoms with Gasteiger partial charge in [0.15, 0.2) is 5.82 Å². The van der Waals surface area contributed by atoms with Crippen molar-refractivity contribution in [1.29, 1.82) is 0 Å². The standard InChI is InChI=1S/C20H23FN6O/c1-14-9-17(12-22-11-14)26(13-15-5-7-16(21)8-6-15)19(28)10-18-23-25-27(24-18)20(2,3)4/h5-9,11-12H,10,13H2,1-4H3. The van der Waals surface area contributed by atoms with E-state index in [1.54, 1.807) is 29.4 Å². The Bertz CT molecular complexity index is 961. The lowest BCUT2D eigenvalue weighted by molar-refractivity contribution is -0.118. The Morgan fingerprint density at radius 2 is 1.89 bits per heavy atom. The topological polar surface area (TPSA) is 76.8 Å². The van der Waals surface area contributed by atoms with E-state index in [0.29, 0.717) is 11.5 Å². The third kappa shape index (κ3) is 4.76. The fourth-order valence-corrected chi connectivity index (χ4v) is 2.61. The number of carbonyl (C=O) groups excluding carboxylic acids is 1. The molecular weight excluding hydrogens is 359 g/mol. The molecule has 3 rings (SSSR count). The van der Waals surface area contributed by atoms with Crippen LogP contribution in [0.15, 0.2) is 42.7 Å². The third-order valence-electron chi connectivity index (χ3n) is 4.09. The molecule has 0 atom stereocenters. The molecule has 7 nitrogen and oxygen atoms in total. The second-order valence-corrected chi connectivity index (χ2v) is 7.67. The van der Waals surface area contributed by atoms with Crippen LogP contribution in [0, 0.1) is 12.7 Å². The summed E-state index contributed by atoms with van der Waals surface area (Å²) in [6, 6.07) is 7.96. The Morgan fingerprint density at radius 3 is 2.50 bits per heavy atom. The molecule has 0 bridgehead atoms. The van der Waals surface area contributed by atoms with Gasteiger partial charge in [-0.3, -0.25) is 9.78 Å². The van der Waals surface area contributed by atoms with E-state index in [4.69, 9.17) is 0 Å². The number of aryl methyl sites for hydroxylation is 1. The predicted molar refractivity (Wildman–Crippen MR) is 103 cm³/mol. The van der Waals surface area contributed by atoms with E-state index < -0.39 is 0 Å². The molecule has 3 aromatic rings. The predicted octanol–water partition coefficient (Wildman–Crippen LogP) is 3.05. The molecule has 0 aliphatic rings. The van der Waals surface area contributed by atoms with Gasteiger partial charge in [-0.1, -0.05) is 12.1 Å². The maximum atomic E-state index is 13.2. The number of hydrogen-bond acceptors (Lipinski definition) is 5. The average Bonchev–Trinajstić information content (AvgIpc) is 3.10. The summed E-state index contributed by atoms with van der Waals surface area (Å²) in [6.45, 7) is 8.07. The maximum absolute atomic E-state index is 13.2. The summed E-state index contributed by atoms with van der Waals surface area (Å²) < 4.78 is 13.2. The molecule has 0 fully saturated rings. The number of halogens is 1. The van der Waals surface area contributed by atoms with Crippen molar-refractivity contribution in [2.45, 2.75) is 46.2 Å². The lowest BCUT2D eigenvalue weighted by atomic mass is 10.1. The Balaban J connectivity index is 1.86. The van der Waals surface area contributed by atoms with E-state index in [1.165, 1.54) is 16.9 Å². The highest BCUT2D eigenvalue weighted by Gasteiger charge is 2.22. The molecule has 28 heavy (non-hydrogen) atoms. The average molecular weight is 382 g/mol. The minimum Gasteiger partial charge on any atom is -0.306 e. The number of aromatic nitrogens is 5. The molecule has 0 radical (unpaired) electrons.